The van der Waals surface area contributed by atoms with Crippen LogP contribution in [0.1, 0.15) is 41.0 Å². The zero-order valence-electron chi connectivity index (χ0n) is 15.5. The number of carbonyl (C=O) groups is 1. The normalized spacial score (nSPS) is 22.5. The fourth-order valence-corrected chi connectivity index (χ4v) is 4.37. The molecule has 2 fully saturated rings. The van der Waals surface area contributed by atoms with E-state index in [0.717, 1.165) is 55.2 Å². The van der Waals surface area contributed by atoms with E-state index in [1.165, 1.54) is 12.8 Å². The number of nitrogens with zero attached hydrogens (tertiary/aromatic N) is 3. The highest BCUT2D eigenvalue weighted by atomic mass is 35.5. The molecule has 26 heavy (non-hydrogen) atoms. The van der Waals surface area contributed by atoms with Gasteiger partial charge in [0, 0.05) is 36.3 Å². The third-order valence-corrected chi connectivity index (χ3v) is 5.63. The molecule has 1 N–H and O–H groups in total. The maximum atomic E-state index is 13.1. The second kappa shape index (κ2) is 7.41. The van der Waals surface area contributed by atoms with Gasteiger partial charge in [-0.15, -0.1) is 12.4 Å². The molecule has 4 rings (SSSR count). The highest BCUT2D eigenvalue weighted by Gasteiger charge is 2.39. The molecule has 0 saturated carbocycles. The van der Waals surface area contributed by atoms with Crippen LogP contribution in [0.25, 0.3) is 5.69 Å². The first-order chi connectivity index (χ1) is 12.1. The summed E-state index contributed by atoms with van der Waals surface area (Å²) in [6, 6.07) is 9.91. The summed E-state index contributed by atoms with van der Waals surface area (Å²) in [4.78, 5) is 15.1. The molecule has 1 atom stereocenters. The summed E-state index contributed by atoms with van der Waals surface area (Å²) in [6.45, 7) is 7.89. The van der Waals surface area contributed by atoms with Crippen molar-refractivity contribution >= 4 is 18.3 Å². The topological polar surface area (TPSA) is 50.2 Å². The van der Waals surface area contributed by atoms with E-state index >= 15 is 0 Å². The molecule has 1 unspecified atom stereocenters. The van der Waals surface area contributed by atoms with Gasteiger partial charge in [-0.3, -0.25) is 4.79 Å². The highest BCUT2D eigenvalue weighted by Crippen LogP contribution is 2.36. The van der Waals surface area contributed by atoms with E-state index in [4.69, 9.17) is 0 Å². The van der Waals surface area contributed by atoms with Crippen LogP contribution in [0.3, 0.4) is 0 Å². The number of nitrogens with one attached hydrogen (secondary N) is 1. The van der Waals surface area contributed by atoms with Gasteiger partial charge in [0.2, 0.25) is 0 Å². The van der Waals surface area contributed by atoms with E-state index < -0.39 is 0 Å². The minimum atomic E-state index is 0. The maximum Gasteiger partial charge on any atom is 0.253 e. The Bertz CT molecular complexity index is 795. The minimum absolute atomic E-state index is 0. The fraction of sp³-hybridized carbons (Fsp3) is 0.500. The zero-order chi connectivity index (χ0) is 17.4. The first-order valence-electron chi connectivity index (χ1n) is 9.20. The third kappa shape index (κ3) is 3.51. The van der Waals surface area contributed by atoms with Gasteiger partial charge in [-0.1, -0.05) is 6.07 Å². The van der Waals surface area contributed by atoms with E-state index in [1.807, 2.05) is 42.8 Å². The Morgan fingerprint density at radius 3 is 2.77 bits per heavy atom. The number of aryl methyl sites for hydroxylation is 2. The van der Waals surface area contributed by atoms with E-state index in [-0.39, 0.29) is 18.3 Å². The molecule has 0 bridgehead atoms. The van der Waals surface area contributed by atoms with Crippen LogP contribution in [0.5, 0.6) is 0 Å². The van der Waals surface area contributed by atoms with Crippen molar-refractivity contribution in [3.05, 3.63) is 47.3 Å². The summed E-state index contributed by atoms with van der Waals surface area (Å²) >= 11 is 0. The van der Waals surface area contributed by atoms with Crippen molar-refractivity contribution in [2.75, 3.05) is 26.2 Å². The molecule has 1 amide bonds. The molecule has 2 aromatic rings. The fourth-order valence-electron chi connectivity index (χ4n) is 4.37. The molecule has 1 spiro atoms. The number of halogens is 1. The Labute approximate surface area is 161 Å². The predicted octanol–water partition coefficient (Wildman–Crippen LogP) is 3.13. The van der Waals surface area contributed by atoms with E-state index in [1.54, 1.807) is 0 Å². The average Bonchev–Trinajstić information content (AvgIpc) is 3.20. The smallest absolute Gasteiger partial charge is 0.253 e. The Morgan fingerprint density at radius 2 is 2.08 bits per heavy atom. The lowest BCUT2D eigenvalue weighted by molar-refractivity contribution is 0.0553. The van der Waals surface area contributed by atoms with Gasteiger partial charge in [0.25, 0.3) is 5.91 Å². The molecular weight excluding hydrogens is 348 g/mol. The van der Waals surface area contributed by atoms with Crippen LogP contribution in [-0.2, 0) is 0 Å². The number of aromatic nitrogens is 2. The second-order valence-corrected chi connectivity index (χ2v) is 7.65. The minimum Gasteiger partial charge on any atom is -0.338 e. The monoisotopic (exact) mass is 374 g/mol. The van der Waals surface area contributed by atoms with Crippen molar-refractivity contribution in [2.24, 2.45) is 5.41 Å². The predicted molar refractivity (Wildman–Crippen MR) is 105 cm³/mol. The van der Waals surface area contributed by atoms with E-state index in [9.17, 15) is 4.79 Å². The van der Waals surface area contributed by atoms with Gasteiger partial charge in [-0.05, 0) is 63.9 Å². The summed E-state index contributed by atoms with van der Waals surface area (Å²) in [5.74, 6) is 0.148. The number of piperidine rings is 1. The zero-order valence-corrected chi connectivity index (χ0v) is 16.3. The number of hydrogen-bond acceptors (Lipinski definition) is 3. The van der Waals surface area contributed by atoms with Crippen molar-refractivity contribution in [3.8, 4) is 5.69 Å². The molecule has 1 aromatic carbocycles. The summed E-state index contributed by atoms with van der Waals surface area (Å²) in [7, 11) is 0. The van der Waals surface area contributed by atoms with Crippen molar-refractivity contribution in [1.82, 2.24) is 20.0 Å². The van der Waals surface area contributed by atoms with Gasteiger partial charge in [0.15, 0.2) is 0 Å². The third-order valence-electron chi connectivity index (χ3n) is 5.63. The summed E-state index contributed by atoms with van der Waals surface area (Å²) in [5.41, 5.74) is 4.07. The molecule has 3 heterocycles. The summed E-state index contributed by atoms with van der Waals surface area (Å²) in [5, 5.41) is 8.01. The number of amides is 1. The van der Waals surface area contributed by atoms with Crippen molar-refractivity contribution in [3.63, 3.8) is 0 Å². The van der Waals surface area contributed by atoms with Gasteiger partial charge >= 0.3 is 0 Å². The number of carbonyl (C=O) groups excluding carboxylic acids is 1. The lowest BCUT2D eigenvalue weighted by atomic mass is 9.79. The Hall–Kier alpha value is -1.85. The largest absolute Gasteiger partial charge is 0.338 e. The molecule has 2 saturated heterocycles. The number of rotatable bonds is 2. The molecule has 5 nitrogen and oxygen atoms in total. The Balaban J connectivity index is 0.00000196. The van der Waals surface area contributed by atoms with Gasteiger partial charge in [-0.2, -0.15) is 5.10 Å². The summed E-state index contributed by atoms with van der Waals surface area (Å²) < 4.78 is 1.91. The van der Waals surface area contributed by atoms with Crippen LogP contribution in [0.15, 0.2) is 30.3 Å². The first-order valence-corrected chi connectivity index (χ1v) is 9.20. The molecule has 2 aliphatic rings. The van der Waals surface area contributed by atoms with E-state index in [0.29, 0.717) is 5.41 Å². The lowest BCUT2D eigenvalue weighted by Gasteiger charge is -2.40. The van der Waals surface area contributed by atoms with Crippen LogP contribution in [0.4, 0.5) is 0 Å². The molecule has 0 aliphatic carbocycles. The average molecular weight is 375 g/mol. The van der Waals surface area contributed by atoms with Crippen LogP contribution in [0.2, 0.25) is 0 Å². The van der Waals surface area contributed by atoms with E-state index in [2.05, 4.69) is 21.4 Å². The van der Waals surface area contributed by atoms with Gasteiger partial charge in [-0.25, -0.2) is 4.68 Å². The van der Waals surface area contributed by atoms with Crippen LogP contribution >= 0.6 is 12.4 Å². The maximum absolute atomic E-state index is 13.1. The van der Waals surface area contributed by atoms with Crippen molar-refractivity contribution in [2.45, 2.75) is 33.1 Å². The molecule has 0 radical (unpaired) electrons. The van der Waals surface area contributed by atoms with Gasteiger partial charge in [0.1, 0.15) is 0 Å². The standard InChI is InChI=1S/C20H26N4O.ClH/c1-15-11-16(2)24(22-15)18-6-3-5-17(12-18)19(25)23-10-4-7-20(14-23)8-9-21-13-20;/h3,5-6,11-12,21H,4,7-10,13-14H2,1-2H3;1H. The van der Waals surface area contributed by atoms with Gasteiger partial charge < -0.3 is 10.2 Å². The highest BCUT2D eigenvalue weighted by molar-refractivity contribution is 5.94. The Morgan fingerprint density at radius 1 is 1.23 bits per heavy atom. The van der Waals surface area contributed by atoms with Crippen LogP contribution in [-0.4, -0.2) is 46.8 Å². The van der Waals surface area contributed by atoms with Crippen molar-refractivity contribution < 1.29 is 4.79 Å². The SMILES string of the molecule is Cc1cc(C)n(-c2cccc(C(=O)N3CCCC4(CCNC4)C3)c2)n1.Cl. The quantitative estimate of drug-likeness (QED) is 0.878. The first kappa shape index (κ1) is 18.9. The summed E-state index contributed by atoms with van der Waals surface area (Å²) in [6.07, 6.45) is 3.52. The molecule has 1 aromatic heterocycles. The Kier molecular flexibility index (Phi) is 5.39. The molecule has 140 valence electrons. The molecule has 2 aliphatic heterocycles. The van der Waals surface area contributed by atoms with Crippen molar-refractivity contribution in [1.29, 1.82) is 0 Å². The number of benzene rings is 1. The number of hydrogen-bond donors (Lipinski definition) is 1. The van der Waals surface area contributed by atoms with Gasteiger partial charge in [0.05, 0.1) is 11.4 Å². The molecule has 6 heteroatoms. The second-order valence-electron chi connectivity index (χ2n) is 7.65. The molecular formula is C20H27ClN4O. The van der Waals surface area contributed by atoms with Crippen LogP contribution in [0, 0.1) is 19.3 Å². The lowest BCUT2D eigenvalue weighted by Crippen LogP contribution is -2.47. The number of likely N-dealkylation sites (tertiary alicyclic amines) is 1. The van der Waals surface area contributed by atoms with Crippen LogP contribution < -0.4 is 5.32 Å².